The van der Waals surface area contributed by atoms with Crippen molar-refractivity contribution in [1.29, 1.82) is 0 Å². The van der Waals surface area contributed by atoms with E-state index in [1.54, 1.807) is 14.2 Å². The fraction of sp³-hybridized carbons (Fsp3) is 0.286. The number of rotatable bonds is 10. The molecule has 0 saturated carbocycles. The Bertz CT molecular complexity index is 1420. The van der Waals surface area contributed by atoms with Gasteiger partial charge in [-0.2, -0.15) is 0 Å². The van der Waals surface area contributed by atoms with Crippen LogP contribution in [0.3, 0.4) is 0 Å². The Morgan fingerprint density at radius 3 is 2.55 bits per heavy atom. The number of anilines is 2. The molecule has 2 heterocycles. The van der Waals surface area contributed by atoms with Gasteiger partial charge in [0.25, 0.3) is 0 Å². The molecule has 10 nitrogen and oxygen atoms in total. The highest BCUT2D eigenvalue weighted by atomic mass is 16.6. The fourth-order valence-corrected chi connectivity index (χ4v) is 4.48. The third-order valence-electron chi connectivity index (χ3n) is 6.32. The first-order chi connectivity index (χ1) is 18.6. The highest BCUT2D eigenvalue weighted by molar-refractivity contribution is 5.77. The molecule has 4 aromatic rings. The van der Waals surface area contributed by atoms with Crippen molar-refractivity contribution in [2.45, 2.75) is 13.5 Å². The molecular weight excluding hydrogens is 488 g/mol. The maximum Gasteiger partial charge on any atom is 0.320 e. The number of nitrogens with zero attached hydrogens (tertiary/aromatic N) is 2. The van der Waals surface area contributed by atoms with Gasteiger partial charge in [0.1, 0.15) is 19.0 Å². The lowest BCUT2D eigenvalue weighted by molar-refractivity contribution is 0.171. The van der Waals surface area contributed by atoms with E-state index >= 15 is 0 Å². The molecule has 5 rings (SSSR count). The predicted octanol–water partition coefficient (Wildman–Crippen LogP) is 4.33. The van der Waals surface area contributed by atoms with Gasteiger partial charge in [-0.1, -0.05) is 23.3 Å². The van der Waals surface area contributed by atoms with Gasteiger partial charge in [0.2, 0.25) is 5.89 Å². The average molecular weight is 519 g/mol. The van der Waals surface area contributed by atoms with Crippen molar-refractivity contribution in [1.82, 2.24) is 15.5 Å². The molecule has 0 atom stereocenters. The van der Waals surface area contributed by atoms with Crippen LogP contribution in [0, 0.1) is 6.92 Å². The van der Waals surface area contributed by atoms with Crippen molar-refractivity contribution < 1.29 is 28.5 Å². The van der Waals surface area contributed by atoms with Crippen LogP contribution < -0.4 is 29.6 Å². The second-order valence-corrected chi connectivity index (χ2v) is 8.60. The molecule has 3 N–H and O–H groups in total. The van der Waals surface area contributed by atoms with Crippen LogP contribution in [0.25, 0.3) is 22.6 Å². The second kappa shape index (κ2) is 11.4. The quantitative estimate of drug-likeness (QED) is 0.262. The number of aliphatic hydroxyl groups excluding tert-OH is 1. The largest absolute Gasteiger partial charge is 0.496 e. The van der Waals surface area contributed by atoms with Crippen LogP contribution in [-0.2, 0) is 6.54 Å². The first kappa shape index (κ1) is 25.4. The Kier molecular flexibility index (Phi) is 7.62. The van der Waals surface area contributed by atoms with E-state index in [0.29, 0.717) is 49.4 Å². The monoisotopic (exact) mass is 518 g/mol. The zero-order valence-electron chi connectivity index (χ0n) is 21.5. The minimum atomic E-state index is 0.0304. The van der Waals surface area contributed by atoms with Gasteiger partial charge in [-0.15, -0.1) is 5.10 Å². The van der Waals surface area contributed by atoms with Crippen LogP contribution in [0.1, 0.15) is 11.1 Å². The topological polar surface area (TPSA) is 120 Å². The molecule has 1 aliphatic rings. The summed E-state index contributed by atoms with van der Waals surface area (Å²) >= 11 is 0. The predicted molar refractivity (Wildman–Crippen MR) is 143 cm³/mol. The summed E-state index contributed by atoms with van der Waals surface area (Å²) in [4.78, 5) is 0. The Balaban J connectivity index is 1.42. The Labute approximate surface area is 220 Å². The molecule has 0 bridgehead atoms. The van der Waals surface area contributed by atoms with Crippen molar-refractivity contribution >= 4 is 11.7 Å². The summed E-state index contributed by atoms with van der Waals surface area (Å²) in [5.74, 6) is 3.12. The average Bonchev–Trinajstić information content (AvgIpc) is 3.41. The van der Waals surface area contributed by atoms with Crippen molar-refractivity contribution in [2.24, 2.45) is 0 Å². The molecule has 38 heavy (non-hydrogen) atoms. The summed E-state index contributed by atoms with van der Waals surface area (Å²) in [5.41, 5.74) is 5.31. The molecular formula is C28H30N4O6. The molecule has 0 fully saturated rings. The Morgan fingerprint density at radius 2 is 1.76 bits per heavy atom. The fourth-order valence-electron chi connectivity index (χ4n) is 4.48. The molecule has 0 spiro atoms. The van der Waals surface area contributed by atoms with Crippen LogP contribution in [0.2, 0.25) is 0 Å². The summed E-state index contributed by atoms with van der Waals surface area (Å²) in [7, 11) is 3.19. The van der Waals surface area contributed by atoms with Gasteiger partial charge < -0.3 is 39.1 Å². The second-order valence-electron chi connectivity index (χ2n) is 8.60. The standard InChI is InChI=1S/C28H30N4O6/c1-17-19(18-7-9-24-25(15-18)37-14-13-36-24)5-4-6-20(17)27-31-32-28(38-27)30-22-8-10-23(34-2)21(26(22)35-3)16-29-11-12-33/h4-10,15,29,33H,11-14,16H2,1-3H3,(H,30,32). The van der Waals surface area contributed by atoms with E-state index in [2.05, 4.69) is 20.8 Å². The van der Waals surface area contributed by atoms with Crippen molar-refractivity contribution in [3.05, 3.63) is 59.7 Å². The van der Waals surface area contributed by atoms with Gasteiger partial charge >= 0.3 is 6.01 Å². The molecule has 0 amide bonds. The van der Waals surface area contributed by atoms with Crippen molar-refractivity contribution in [2.75, 3.05) is 45.9 Å². The highest BCUT2D eigenvalue weighted by Crippen LogP contribution is 2.39. The highest BCUT2D eigenvalue weighted by Gasteiger charge is 2.19. The van der Waals surface area contributed by atoms with Crippen molar-refractivity contribution in [3.63, 3.8) is 0 Å². The SMILES string of the molecule is COc1ccc(Nc2nnc(-c3cccc(-c4ccc5c(c4)OCCO5)c3C)o2)c(OC)c1CNCCO. The van der Waals surface area contributed by atoms with Crippen LogP contribution >= 0.6 is 0 Å². The zero-order chi connectivity index (χ0) is 26.5. The van der Waals surface area contributed by atoms with Crippen LogP contribution in [0.4, 0.5) is 11.7 Å². The molecule has 10 heteroatoms. The molecule has 0 radical (unpaired) electrons. The number of fused-ring (bicyclic) bond motifs is 1. The van der Waals surface area contributed by atoms with E-state index in [1.807, 2.05) is 55.5 Å². The smallest absolute Gasteiger partial charge is 0.320 e. The van der Waals surface area contributed by atoms with E-state index in [9.17, 15) is 0 Å². The molecule has 198 valence electrons. The lowest BCUT2D eigenvalue weighted by Gasteiger charge is -2.19. The number of nitrogens with one attached hydrogen (secondary N) is 2. The molecule has 0 saturated heterocycles. The van der Waals surface area contributed by atoms with Gasteiger partial charge in [-0.05, 0) is 53.9 Å². The van der Waals surface area contributed by atoms with Crippen LogP contribution in [-0.4, -0.2) is 55.9 Å². The van der Waals surface area contributed by atoms with E-state index in [1.165, 1.54) is 0 Å². The lowest BCUT2D eigenvalue weighted by Crippen LogP contribution is -2.18. The van der Waals surface area contributed by atoms with Gasteiger partial charge in [-0.3, -0.25) is 0 Å². The van der Waals surface area contributed by atoms with Crippen LogP contribution in [0.5, 0.6) is 23.0 Å². The zero-order valence-corrected chi connectivity index (χ0v) is 21.5. The molecule has 1 aliphatic heterocycles. The summed E-state index contributed by atoms with van der Waals surface area (Å²) < 4.78 is 28.6. The minimum Gasteiger partial charge on any atom is -0.496 e. The lowest BCUT2D eigenvalue weighted by atomic mass is 9.96. The number of aliphatic hydroxyl groups is 1. The van der Waals surface area contributed by atoms with Crippen LogP contribution in [0.15, 0.2) is 52.9 Å². The number of benzene rings is 3. The Hall–Kier alpha value is -4.28. The van der Waals surface area contributed by atoms with Gasteiger partial charge in [-0.25, -0.2) is 0 Å². The number of hydrogen-bond donors (Lipinski definition) is 3. The first-order valence-corrected chi connectivity index (χ1v) is 12.3. The molecule has 3 aromatic carbocycles. The number of ether oxygens (including phenoxy) is 4. The van der Waals surface area contributed by atoms with E-state index < -0.39 is 0 Å². The summed E-state index contributed by atoms with van der Waals surface area (Å²) in [6.07, 6.45) is 0. The number of hydrogen-bond acceptors (Lipinski definition) is 10. The van der Waals surface area contributed by atoms with Gasteiger partial charge in [0.15, 0.2) is 17.2 Å². The summed E-state index contributed by atoms with van der Waals surface area (Å²) in [5, 5.41) is 23.9. The summed E-state index contributed by atoms with van der Waals surface area (Å²) in [6.45, 7) is 4.04. The third kappa shape index (κ3) is 5.09. The molecule has 0 unspecified atom stereocenters. The normalized spacial score (nSPS) is 12.3. The summed E-state index contributed by atoms with van der Waals surface area (Å²) in [6, 6.07) is 15.8. The van der Waals surface area contributed by atoms with Gasteiger partial charge in [0, 0.05) is 18.7 Å². The van der Waals surface area contributed by atoms with Crippen molar-refractivity contribution in [3.8, 4) is 45.6 Å². The number of methoxy groups -OCH3 is 2. The molecule has 0 aliphatic carbocycles. The van der Waals surface area contributed by atoms with Gasteiger partial charge in [0.05, 0.1) is 32.1 Å². The van der Waals surface area contributed by atoms with E-state index in [0.717, 1.165) is 39.3 Å². The minimum absolute atomic E-state index is 0.0304. The van der Waals surface area contributed by atoms with E-state index in [4.69, 9.17) is 28.5 Å². The molecule has 1 aromatic heterocycles. The maximum absolute atomic E-state index is 9.12. The number of aromatic nitrogens is 2. The maximum atomic E-state index is 9.12. The first-order valence-electron chi connectivity index (χ1n) is 12.3. The Morgan fingerprint density at radius 1 is 0.947 bits per heavy atom. The third-order valence-corrected chi connectivity index (χ3v) is 6.32. The van der Waals surface area contributed by atoms with E-state index in [-0.39, 0.29) is 12.6 Å².